The van der Waals surface area contributed by atoms with E-state index in [-0.39, 0.29) is 18.4 Å². The van der Waals surface area contributed by atoms with E-state index in [2.05, 4.69) is 5.32 Å². The number of nitrogens with two attached hydrogens (primary N) is 1. The lowest BCUT2D eigenvalue weighted by molar-refractivity contribution is -0.123. The van der Waals surface area contributed by atoms with E-state index < -0.39 is 5.60 Å². The van der Waals surface area contributed by atoms with Crippen molar-refractivity contribution < 1.29 is 9.90 Å². The maximum Gasteiger partial charge on any atom is 0.228 e. The molecular formula is C17H26N2O2. The van der Waals surface area contributed by atoms with E-state index >= 15 is 0 Å². The van der Waals surface area contributed by atoms with Gasteiger partial charge in [-0.25, -0.2) is 0 Å². The molecule has 0 spiro atoms. The molecule has 1 aliphatic rings. The Bertz CT molecular complexity index is 439. The number of rotatable bonds is 5. The molecule has 0 bridgehead atoms. The summed E-state index contributed by atoms with van der Waals surface area (Å²) in [6.45, 7) is 0.601. The minimum absolute atomic E-state index is 0.0960. The van der Waals surface area contributed by atoms with Gasteiger partial charge in [0.2, 0.25) is 5.91 Å². The highest BCUT2D eigenvalue weighted by Gasteiger charge is 2.29. The standard InChI is InChI=1S/C17H26N2O2/c18-12-15(14-8-4-3-5-9-14)16(20)19-13-17(21)10-6-1-2-7-11-17/h3-5,8-9,15,21H,1-2,6-7,10-13,18H2,(H,19,20). The first-order valence-corrected chi connectivity index (χ1v) is 7.90. The van der Waals surface area contributed by atoms with E-state index in [0.717, 1.165) is 31.2 Å². The van der Waals surface area contributed by atoms with Gasteiger partial charge in [-0.1, -0.05) is 56.0 Å². The third kappa shape index (κ3) is 4.55. The molecule has 4 nitrogen and oxygen atoms in total. The Morgan fingerprint density at radius 1 is 1.19 bits per heavy atom. The van der Waals surface area contributed by atoms with Crippen molar-refractivity contribution in [3.8, 4) is 0 Å². The molecule has 0 aromatic heterocycles. The fraction of sp³-hybridized carbons (Fsp3) is 0.588. The predicted octanol–water partition coefficient (Wildman–Crippen LogP) is 1.93. The van der Waals surface area contributed by atoms with E-state index in [1.54, 1.807) is 0 Å². The molecule has 1 saturated carbocycles. The number of carbonyl (C=O) groups excluding carboxylic acids is 1. The Morgan fingerprint density at radius 2 is 1.81 bits per heavy atom. The summed E-state index contributed by atoms with van der Waals surface area (Å²) >= 11 is 0. The SMILES string of the molecule is NCC(C(=O)NCC1(O)CCCCCC1)c1ccccc1. The molecule has 0 heterocycles. The highest BCUT2D eigenvalue weighted by atomic mass is 16.3. The quantitative estimate of drug-likeness (QED) is 0.725. The molecule has 2 rings (SSSR count). The Hall–Kier alpha value is -1.39. The Labute approximate surface area is 126 Å². The second-order valence-electron chi connectivity index (χ2n) is 6.06. The molecule has 1 aliphatic carbocycles. The monoisotopic (exact) mass is 290 g/mol. The summed E-state index contributed by atoms with van der Waals surface area (Å²) in [5.41, 5.74) is 5.92. The average Bonchev–Trinajstić information content (AvgIpc) is 2.72. The summed E-state index contributed by atoms with van der Waals surface area (Å²) in [4.78, 5) is 12.3. The lowest BCUT2D eigenvalue weighted by Crippen LogP contribution is -2.45. The molecule has 1 atom stereocenters. The molecule has 0 aliphatic heterocycles. The van der Waals surface area contributed by atoms with E-state index in [1.807, 2.05) is 30.3 Å². The van der Waals surface area contributed by atoms with Gasteiger partial charge >= 0.3 is 0 Å². The summed E-state index contributed by atoms with van der Waals surface area (Å²) in [7, 11) is 0. The molecule has 1 fully saturated rings. The van der Waals surface area contributed by atoms with Crippen LogP contribution in [0.2, 0.25) is 0 Å². The molecule has 1 aromatic carbocycles. The van der Waals surface area contributed by atoms with Crippen LogP contribution in [0.5, 0.6) is 0 Å². The van der Waals surface area contributed by atoms with Crippen LogP contribution in [0.15, 0.2) is 30.3 Å². The molecule has 4 heteroatoms. The normalized spacial score (nSPS) is 19.5. The largest absolute Gasteiger partial charge is 0.388 e. The number of aliphatic hydroxyl groups is 1. The zero-order chi connectivity index (χ0) is 15.1. The van der Waals surface area contributed by atoms with Crippen LogP contribution in [0, 0.1) is 0 Å². The van der Waals surface area contributed by atoms with Crippen molar-refractivity contribution in [3.63, 3.8) is 0 Å². The van der Waals surface area contributed by atoms with Gasteiger partial charge in [-0.2, -0.15) is 0 Å². The van der Waals surface area contributed by atoms with Gasteiger partial charge in [-0.15, -0.1) is 0 Å². The van der Waals surface area contributed by atoms with E-state index in [1.165, 1.54) is 12.8 Å². The maximum atomic E-state index is 12.3. The van der Waals surface area contributed by atoms with Crippen LogP contribution < -0.4 is 11.1 Å². The van der Waals surface area contributed by atoms with Gasteiger partial charge in [0.1, 0.15) is 0 Å². The Kier molecular flexibility index (Phi) is 5.76. The summed E-state index contributed by atoms with van der Waals surface area (Å²) in [6.07, 6.45) is 5.95. The third-order valence-electron chi connectivity index (χ3n) is 4.38. The maximum absolute atomic E-state index is 12.3. The van der Waals surface area contributed by atoms with Crippen LogP contribution in [-0.2, 0) is 4.79 Å². The Morgan fingerprint density at radius 3 is 2.38 bits per heavy atom. The first-order chi connectivity index (χ1) is 10.1. The number of benzene rings is 1. The van der Waals surface area contributed by atoms with E-state index in [9.17, 15) is 9.90 Å². The summed E-state index contributed by atoms with van der Waals surface area (Å²) < 4.78 is 0. The highest BCUT2D eigenvalue weighted by Crippen LogP contribution is 2.26. The molecule has 1 aromatic rings. The zero-order valence-corrected chi connectivity index (χ0v) is 12.6. The van der Waals surface area contributed by atoms with E-state index in [0.29, 0.717) is 6.54 Å². The van der Waals surface area contributed by atoms with Gasteiger partial charge in [-0.05, 0) is 18.4 Å². The second kappa shape index (κ2) is 7.57. The van der Waals surface area contributed by atoms with Gasteiger partial charge in [0.25, 0.3) is 0 Å². The van der Waals surface area contributed by atoms with Crippen molar-refractivity contribution in [1.82, 2.24) is 5.32 Å². The van der Waals surface area contributed by atoms with Crippen LogP contribution >= 0.6 is 0 Å². The third-order valence-corrected chi connectivity index (χ3v) is 4.38. The number of hydrogen-bond donors (Lipinski definition) is 3. The van der Waals surface area contributed by atoms with Crippen LogP contribution in [0.4, 0.5) is 0 Å². The smallest absolute Gasteiger partial charge is 0.228 e. The molecule has 4 N–H and O–H groups in total. The van der Waals surface area contributed by atoms with Gasteiger partial charge < -0.3 is 16.2 Å². The molecule has 21 heavy (non-hydrogen) atoms. The van der Waals surface area contributed by atoms with Crippen molar-refractivity contribution in [3.05, 3.63) is 35.9 Å². The highest BCUT2D eigenvalue weighted by molar-refractivity contribution is 5.83. The second-order valence-corrected chi connectivity index (χ2v) is 6.06. The number of amides is 1. The Balaban J connectivity index is 1.93. The molecule has 1 unspecified atom stereocenters. The minimum atomic E-state index is -0.748. The molecule has 116 valence electrons. The number of hydrogen-bond acceptors (Lipinski definition) is 3. The summed E-state index contributed by atoms with van der Waals surface area (Å²) in [6, 6.07) is 9.56. The number of nitrogens with one attached hydrogen (secondary N) is 1. The van der Waals surface area contributed by atoms with Gasteiger partial charge in [0.15, 0.2) is 0 Å². The zero-order valence-electron chi connectivity index (χ0n) is 12.6. The van der Waals surface area contributed by atoms with Crippen LogP contribution in [0.25, 0.3) is 0 Å². The average molecular weight is 290 g/mol. The molecular weight excluding hydrogens is 264 g/mol. The van der Waals surface area contributed by atoms with E-state index in [4.69, 9.17) is 5.73 Å². The van der Waals surface area contributed by atoms with Crippen molar-refractivity contribution in [2.24, 2.45) is 5.73 Å². The van der Waals surface area contributed by atoms with Crippen LogP contribution in [0.1, 0.15) is 50.0 Å². The van der Waals surface area contributed by atoms with Crippen molar-refractivity contribution in [2.45, 2.75) is 50.0 Å². The molecule has 0 radical (unpaired) electrons. The lowest BCUT2D eigenvalue weighted by atomic mass is 9.93. The van der Waals surface area contributed by atoms with Crippen molar-refractivity contribution in [1.29, 1.82) is 0 Å². The van der Waals surface area contributed by atoms with Gasteiger partial charge in [0.05, 0.1) is 11.5 Å². The van der Waals surface area contributed by atoms with Gasteiger partial charge in [-0.3, -0.25) is 4.79 Å². The molecule has 1 amide bonds. The van der Waals surface area contributed by atoms with Gasteiger partial charge in [0, 0.05) is 13.1 Å². The first kappa shape index (κ1) is 16.0. The molecule has 0 saturated heterocycles. The van der Waals surface area contributed by atoms with Crippen LogP contribution in [0.3, 0.4) is 0 Å². The predicted molar refractivity (Wildman–Crippen MR) is 83.9 cm³/mol. The summed E-state index contributed by atoms with van der Waals surface area (Å²) in [5, 5.41) is 13.5. The minimum Gasteiger partial charge on any atom is -0.388 e. The van der Waals surface area contributed by atoms with Crippen LogP contribution in [-0.4, -0.2) is 29.7 Å². The number of carbonyl (C=O) groups is 1. The topological polar surface area (TPSA) is 75.4 Å². The van der Waals surface area contributed by atoms with Crippen molar-refractivity contribution in [2.75, 3.05) is 13.1 Å². The fourth-order valence-corrected chi connectivity index (χ4v) is 3.02. The lowest BCUT2D eigenvalue weighted by Gasteiger charge is -2.28. The first-order valence-electron chi connectivity index (χ1n) is 7.90. The fourth-order valence-electron chi connectivity index (χ4n) is 3.02. The summed E-state index contributed by atoms with van der Waals surface area (Å²) in [5.74, 6) is -0.443. The van der Waals surface area contributed by atoms with Crippen molar-refractivity contribution >= 4 is 5.91 Å².